The van der Waals surface area contributed by atoms with Crippen LogP contribution < -0.4 is 5.32 Å². The number of allylic oxidation sites excluding steroid dienone is 6. The van der Waals surface area contributed by atoms with Gasteiger partial charge in [0.25, 0.3) is 0 Å². The van der Waals surface area contributed by atoms with Crippen molar-refractivity contribution in [2.24, 2.45) is 11.3 Å². The summed E-state index contributed by atoms with van der Waals surface area (Å²) in [6.07, 6.45) is 14.9. The normalized spacial score (nSPS) is 25.9. The van der Waals surface area contributed by atoms with Gasteiger partial charge < -0.3 is 14.8 Å². The maximum absolute atomic E-state index is 12.1. The third-order valence-corrected chi connectivity index (χ3v) is 4.74. The van der Waals surface area contributed by atoms with Crippen molar-refractivity contribution in [2.45, 2.75) is 66.0 Å². The number of methoxy groups -OCH3 is 1. The first-order chi connectivity index (χ1) is 13.0. The molecule has 0 saturated carbocycles. The lowest BCUT2D eigenvalue weighted by Crippen LogP contribution is -2.43. The minimum Gasteiger partial charge on any atom is -0.466 e. The van der Waals surface area contributed by atoms with E-state index in [0.29, 0.717) is 5.92 Å². The summed E-state index contributed by atoms with van der Waals surface area (Å²) in [4.78, 5) is 23.2. The topological polar surface area (TPSA) is 64.6 Å². The molecular weight excluding hydrogens is 354 g/mol. The number of esters is 1. The van der Waals surface area contributed by atoms with Gasteiger partial charge in [-0.15, -0.1) is 0 Å². The zero-order chi connectivity index (χ0) is 21.4. The molecule has 1 rings (SSSR count). The Morgan fingerprint density at radius 3 is 2.50 bits per heavy atom. The molecule has 0 aliphatic heterocycles. The number of nitrogens with one attached hydrogen (secondary N) is 1. The van der Waals surface area contributed by atoms with Crippen LogP contribution in [0.3, 0.4) is 0 Å². The molecule has 5 nitrogen and oxygen atoms in total. The Morgan fingerprint density at radius 2 is 1.93 bits per heavy atom. The van der Waals surface area contributed by atoms with Gasteiger partial charge in [-0.3, -0.25) is 0 Å². The molecule has 0 bridgehead atoms. The maximum atomic E-state index is 12.1. The van der Waals surface area contributed by atoms with E-state index in [4.69, 9.17) is 4.74 Å². The van der Waals surface area contributed by atoms with Crippen molar-refractivity contribution < 1.29 is 19.1 Å². The summed E-state index contributed by atoms with van der Waals surface area (Å²) in [7, 11) is 1.35. The highest BCUT2D eigenvalue weighted by atomic mass is 16.6. The van der Waals surface area contributed by atoms with Crippen LogP contribution in [0.4, 0.5) is 4.79 Å². The number of carbonyl (C=O) groups excluding carboxylic acids is 2. The summed E-state index contributed by atoms with van der Waals surface area (Å²) in [6, 6.07) is -0.0733. The highest BCUT2D eigenvalue weighted by molar-refractivity contribution is 5.82. The molecule has 1 N–H and O–H groups in total. The molecular formula is C23H35NO4. The molecule has 0 radical (unpaired) electrons. The number of alkyl carbamates (subject to hydrolysis) is 1. The van der Waals surface area contributed by atoms with E-state index in [-0.39, 0.29) is 17.4 Å². The maximum Gasteiger partial charge on any atom is 0.408 e. The van der Waals surface area contributed by atoms with Crippen molar-refractivity contribution in [1.82, 2.24) is 5.32 Å². The average molecular weight is 390 g/mol. The van der Waals surface area contributed by atoms with Crippen molar-refractivity contribution in [2.75, 3.05) is 7.11 Å². The van der Waals surface area contributed by atoms with E-state index in [9.17, 15) is 9.59 Å². The van der Waals surface area contributed by atoms with E-state index < -0.39 is 11.7 Å². The highest BCUT2D eigenvalue weighted by Crippen LogP contribution is 2.41. The van der Waals surface area contributed by atoms with Gasteiger partial charge in [0, 0.05) is 6.08 Å². The smallest absolute Gasteiger partial charge is 0.408 e. The molecule has 0 spiro atoms. The number of amides is 1. The van der Waals surface area contributed by atoms with Gasteiger partial charge in [0.05, 0.1) is 13.2 Å². The number of rotatable bonds is 6. The largest absolute Gasteiger partial charge is 0.466 e. The van der Waals surface area contributed by atoms with Crippen LogP contribution in [0.1, 0.15) is 54.4 Å². The van der Waals surface area contributed by atoms with Crippen LogP contribution in [0, 0.1) is 11.3 Å². The summed E-state index contributed by atoms with van der Waals surface area (Å²) in [5, 5.41) is 2.96. The van der Waals surface area contributed by atoms with Crippen molar-refractivity contribution in [3.8, 4) is 0 Å². The first-order valence-corrected chi connectivity index (χ1v) is 9.79. The second-order valence-corrected chi connectivity index (χ2v) is 8.49. The molecule has 0 saturated heterocycles. The first-order valence-electron chi connectivity index (χ1n) is 9.79. The third-order valence-electron chi connectivity index (χ3n) is 4.74. The minimum absolute atomic E-state index is 0.0733. The number of carbonyl (C=O) groups is 2. The van der Waals surface area contributed by atoms with Gasteiger partial charge in [-0.1, -0.05) is 55.9 Å². The van der Waals surface area contributed by atoms with Gasteiger partial charge in [-0.25, -0.2) is 9.59 Å². The molecule has 156 valence electrons. The molecule has 0 unspecified atom stereocenters. The van der Waals surface area contributed by atoms with Crippen molar-refractivity contribution >= 4 is 12.1 Å². The van der Waals surface area contributed by atoms with Crippen LogP contribution in [0.5, 0.6) is 0 Å². The van der Waals surface area contributed by atoms with E-state index in [0.717, 1.165) is 18.4 Å². The highest BCUT2D eigenvalue weighted by Gasteiger charge is 2.35. The summed E-state index contributed by atoms with van der Waals surface area (Å²) in [5.74, 6) is 0.0124. The molecule has 0 aromatic carbocycles. The molecule has 28 heavy (non-hydrogen) atoms. The zero-order valence-corrected chi connectivity index (χ0v) is 18.2. The predicted molar refractivity (Wildman–Crippen MR) is 113 cm³/mol. The van der Waals surface area contributed by atoms with Crippen LogP contribution in [-0.2, 0) is 14.3 Å². The Kier molecular flexibility index (Phi) is 8.73. The lowest BCUT2D eigenvalue weighted by Gasteiger charge is -2.39. The van der Waals surface area contributed by atoms with Gasteiger partial charge in [0.1, 0.15) is 5.60 Å². The average Bonchev–Trinajstić information content (AvgIpc) is 2.58. The number of hydrogen-bond acceptors (Lipinski definition) is 4. The molecule has 1 amide bonds. The minimum atomic E-state index is -0.517. The fourth-order valence-corrected chi connectivity index (χ4v) is 3.26. The van der Waals surface area contributed by atoms with Gasteiger partial charge in [0.15, 0.2) is 0 Å². The van der Waals surface area contributed by atoms with Gasteiger partial charge in [-0.05, 0) is 51.9 Å². The fourth-order valence-electron chi connectivity index (χ4n) is 3.26. The fraction of sp³-hybridized carbons (Fsp3) is 0.565. The van der Waals surface area contributed by atoms with Crippen LogP contribution >= 0.6 is 0 Å². The van der Waals surface area contributed by atoms with Crippen LogP contribution in [-0.4, -0.2) is 30.8 Å². The second-order valence-electron chi connectivity index (χ2n) is 8.49. The number of hydrogen-bond donors (Lipinski definition) is 1. The van der Waals surface area contributed by atoms with E-state index >= 15 is 0 Å². The predicted octanol–water partition coefficient (Wildman–Crippen LogP) is 5.10. The van der Waals surface area contributed by atoms with E-state index in [1.807, 2.05) is 33.8 Å². The molecule has 0 aromatic heterocycles. The summed E-state index contributed by atoms with van der Waals surface area (Å²) in [5.41, 5.74) is 0.420. The van der Waals surface area contributed by atoms with E-state index in [1.165, 1.54) is 13.2 Å². The zero-order valence-electron chi connectivity index (χ0n) is 18.2. The Morgan fingerprint density at radius 1 is 1.25 bits per heavy atom. The third kappa shape index (κ3) is 8.15. The quantitative estimate of drug-likeness (QED) is 0.297. The van der Waals surface area contributed by atoms with Crippen LogP contribution in [0.2, 0.25) is 0 Å². The Balaban J connectivity index is 2.85. The Hall–Kier alpha value is -2.30. The summed E-state index contributed by atoms with van der Waals surface area (Å²) >= 11 is 0. The standard InChI is InChI=1S/C23H35NO4/c1-8-18-12-13-19(24-21(26)28-22(3,4)5)16-23(18,6)15-14-17(2)10-9-11-20(25)27-7/h9-15,18-19H,8,16H2,1-7H3,(H,24,26)/b11-9+,15-14+,17-10-/t18-,19+,23+/m0/s1. The lowest BCUT2D eigenvalue weighted by molar-refractivity contribution is -0.134. The van der Waals surface area contributed by atoms with E-state index in [2.05, 4.69) is 48.2 Å². The van der Waals surface area contributed by atoms with Crippen molar-refractivity contribution in [3.05, 3.63) is 48.1 Å². The van der Waals surface area contributed by atoms with Crippen LogP contribution in [0.25, 0.3) is 0 Å². The van der Waals surface area contributed by atoms with Gasteiger partial charge in [-0.2, -0.15) is 0 Å². The van der Waals surface area contributed by atoms with Gasteiger partial charge >= 0.3 is 12.1 Å². The first kappa shape index (κ1) is 23.7. The van der Waals surface area contributed by atoms with Crippen molar-refractivity contribution in [1.29, 1.82) is 0 Å². The lowest BCUT2D eigenvalue weighted by atomic mass is 9.68. The molecule has 5 heteroatoms. The number of ether oxygens (including phenoxy) is 2. The molecule has 1 aliphatic carbocycles. The van der Waals surface area contributed by atoms with Crippen LogP contribution in [0.15, 0.2) is 48.1 Å². The summed E-state index contributed by atoms with van der Waals surface area (Å²) < 4.78 is 9.96. The summed E-state index contributed by atoms with van der Waals surface area (Å²) in [6.45, 7) is 11.9. The molecule has 0 heterocycles. The Bertz CT molecular complexity index is 667. The molecule has 0 aromatic rings. The monoisotopic (exact) mass is 389 g/mol. The second kappa shape index (κ2) is 10.3. The molecule has 1 aliphatic rings. The van der Waals surface area contributed by atoms with E-state index in [1.54, 1.807) is 6.08 Å². The Labute approximate surface area is 169 Å². The SMILES string of the molecule is CC[C@H]1C=C[C@@H](NC(=O)OC(C)(C)C)C[C@@]1(C)/C=C/C(C)=C\C=C\C(=O)OC. The van der Waals surface area contributed by atoms with Crippen molar-refractivity contribution in [3.63, 3.8) is 0 Å². The van der Waals surface area contributed by atoms with Gasteiger partial charge in [0.2, 0.25) is 0 Å². The molecule has 0 fully saturated rings. The molecule has 3 atom stereocenters.